The Morgan fingerprint density at radius 2 is 0.943 bits per heavy atom. The van der Waals surface area contributed by atoms with Crippen molar-refractivity contribution < 1.29 is 15.9 Å². The van der Waals surface area contributed by atoms with Gasteiger partial charge in [-0.1, -0.05) is 81.3 Å². The van der Waals surface area contributed by atoms with Gasteiger partial charge >= 0.3 is 35.0 Å². The van der Waals surface area contributed by atoms with E-state index in [1.165, 1.54) is 41.6 Å². The molecule has 6 heteroatoms. The number of halogens is 2. The number of unbranched alkanes of at least 4 members (excludes halogenated alkanes) is 2. The summed E-state index contributed by atoms with van der Waals surface area (Å²) in [4.78, 5) is 4.55. The van der Waals surface area contributed by atoms with E-state index in [4.69, 9.17) is 19.1 Å². The Bertz CT molecular complexity index is 819. The van der Waals surface area contributed by atoms with E-state index < -0.39 is 7.92 Å². The van der Waals surface area contributed by atoms with Crippen molar-refractivity contribution in [2.24, 2.45) is 0 Å². The molecule has 192 valence electrons. The summed E-state index contributed by atoms with van der Waals surface area (Å²) in [6.45, 7) is 9.00. The van der Waals surface area contributed by atoms with Gasteiger partial charge in [-0.25, -0.2) is 0 Å². The summed E-state index contributed by atoms with van der Waals surface area (Å²) in [7, 11) is 8.75. The average molecular weight is 622 g/mol. The number of hydrogen-bond acceptors (Lipinski definition) is 2. The van der Waals surface area contributed by atoms with Crippen molar-refractivity contribution in [1.82, 2.24) is 9.80 Å². The van der Waals surface area contributed by atoms with Gasteiger partial charge in [-0.2, -0.15) is 6.67 Å². The Labute approximate surface area is 230 Å². The van der Waals surface area contributed by atoms with Gasteiger partial charge in [0, 0.05) is 0 Å². The molecule has 0 N–H and O–H groups in total. The van der Waals surface area contributed by atoms with Gasteiger partial charge in [0.05, 0.1) is 7.92 Å². The molecule has 0 unspecified atom stereocenters. The topological polar surface area (TPSA) is 6.48 Å². The van der Waals surface area contributed by atoms with E-state index in [0.717, 1.165) is 13.1 Å². The third-order valence-electron chi connectivity index (χ3n) is 5.47. The molecule has 0 saturated carbocycles. The molecule has 3 aromatic carbocycles. The average Bonchev–Trinajstić information content (AvgIpc) is 3.37. The molecule has 0 amide bonds. The summed E-state index contributed by atoms with van der Waals surface area (Å²) in [5.74, 6) is 0. The van der Waals surface area contributed by atoms with Gasteiger partial charge < -0.3 is 9.80 Å². The zero-order chi connectivity index (χ0) is 25.1. The fourth-order valence-electron chi connectivity index (χ4n) is 3.70. The van der Waals surface area contributed by atoms with Crippen LogP contribution in [0.25, 0.3) is 0 Å². The molecule has 4 rings (SSSR count). The van der Waals surface area contributed by atoms with Crippen LogP contribution >= 0.6 is 27.0 Å². The molecule has 0 radical (unpaired) electrons. The Hall–Kier alpha value is -1.33. The summed E-state index contributed by atoms with van der Waals surface area (Å²) in [6, 6.07) is 32.5. The maximum atomic E-state index is 4.81. The first kappa shape index (κ1) is 29.9. The van der Waals surface area contributed by atoms with Crippen molar-refractivity contribution in [3.63, 3.8) is 0 Å². The molecule has 2 nitrogen and oxygen atoms in total. The van der Waals surface area contributed by atoms with Gasteiger partial charge in [-0.15, -0.1) is 0 Å². The van der Waals surface area contributed by atoms with Crippen LogP contribution in [0.15, 0.2) is 103 Å². The predicted molar refractivity (Wildman–Crippen MR) is 155 cm³/mol. The first-order chi connectivity index (χ1) is 17.2. The number of hydrogen-bond donors (Lipinski definition) is 0. The smallest absolute Gasteiger partial charge is 0.0620 e. The molecular weight excluding hydrogens is 585 g/mol. The molecule has 1 heterocycles. The van der Waals surface area contributed by atoms with Crippen LogP contribution in [0, 0.1) is 6.67 Å². The fourth-order valence-corrected chi connectivity index (χ4v) is 6.28. The maximum absolute atomic E-state index is 4.81. The summed E-state index contributed by atoms with van der Waals surface area (Å²) in [5.41, 5.74) is 0. The van der Waals surface area contributed by atoms with Crippen LogP contribution < -0.4 is 15.9 Å². The Kier molecular flexibility index (Phi) is 16.1. The first-order valence-corrected chi connectivity index (χ1v) is 17.6. The van der Waals surface area contributed by atoms with Crippen molar-refractivity contribution in [1.29, 1.82) is 0 Å². The fraction of sp³-hybridized carbons (Fsp3) is 0.276. The monoisotopic (exact) mass is 620 g/mol. The van der Waals surface area contributed by atoms with E-state index in [2.05, 4.69) is 134 Å². The van der Waals surface area contributed by atoms with E-state index in [0.29, 0.717) is 0 Å². The Morgan fingerprint density at radius 1 is 0.629 bits per heavy atom. The van der Waals surface area contributed by atoms with Crippen LogP contribution in [0.5, 0.6) is 0 Å². The molecule has 3 aromatic rings. The molecule has 0 fully saturated rings. The Balaban J connectivity index is 0.000000236. The van der Waals surface area contributed by atoms with Gasteiger partial charge in [0.25, 0.3) is 0 Å². The minimum atomic E-state index is -0.877. The van der Waals surface area contributed by atoms with Crippen molar-refractivity contribution in [3.05, 3.63) is 110 Å². The van der Waals surface area contributed by atoms with Gasteiger partial charge in [0.1, 0.15) is 15.9 Å². The van der Waals surface area contributed by atoms with Crippen molar-refractivity contribution in [2.75, 3.05) is 13.1 Å². The minimum Gasteiger partial charge on any atom is -0.0620 e. The van der Waals surface area contributed by atoms with Gasteiger partial charge in [-0.3, -0.25) is 0 Å². The summed E-state index contributed by atoms with van der Waals surface area (Å²) in [5, 5.41) is 4.31. The van der Waals surface area contributed by atoms with Crippen molar-refractivity contribution in [3.8, 4) is 0 Å². The second-order valence-corrected chi connectivity index (χ2v) is 13.0. The Morgan fingerprint density at radius 3 is 1.23 bits per heavy atom. The first-order valence-electron chi connectivity index (χ1n) is 12.1. The SMILES string of the molecule is CCCCN1C=CN(CCCC)[CH-]1.[Cl][Pd][Cl].c1ccc([PH+](c2ccccc2)c2ccccc2)cc1. The molecule has 0 spiro atoms. The third-order valence-corrected chi connectivity index (χ3v) is 8.21. The van der Waals surface area contributed by atoms with E-state index in [9.17, 15) is 0 Å². The van der Waals surface area contributed by atoms with E-state index >= 15 is 0 Å². The van der Waals surface area contributed by atoms with Crippen LogP contribution in [0.3, 0.4) is 0 Å². The summed E-state index contributed by atoms with van der Waals surface area (Å²) < 4.78 is 0. The number of nitrogens with zero attached hydrogens (tertiary/aromatic N) is 2. The molecule has 0 aliphatic carbocycles. The van der Waals surface area contributed by atoms with Crippen molar-refractivity contribution >= 4 is 42.9 Å². The van der Waals surface area contributed by atoms with Crippen molar-refractivity contribution in [2.45, 2.75) is 39.5 Å². The van der Waals surface area contributed by atoms with Crippen LogP contribution in [0.4, 0.5) is 0 Å². The van der Waals surface area contributed by atoms with Gasteiger partial charge in [0.2, 0.25) is 0 Å². The molecule has 0 bridgehead atoms. The summed E-state index contributed by atoms with van der Waals surface area (Å²) >= 11 is -0.106. The van der Waals surface area contributed by atoms with Gasteiger partial charge in [0.15, 0.2) is 0 Å². The number of benzene rings is 3. The zero-order valence-electron chi connectivity index (χ0n) is 20.6. The normalized spacial score (nSPS) is 12.3. The molecule has 0 aromatic heterocycles. The van der Waals surface area contributed by atoms with E-state index in [1.807, 2.05) is 0 Å². The zero-order valence-corrected chi connectivity index (χ0v) is 24.7. The quantitative estimate of drug-likeness (QED) is 0.140. The van der Waals surface area contributed by atoms with Crippen LogP contribution in [0.2, 0.25) is 0 Å². The number of rotatable bonds is 9. The molecule has 0 saturated heterocycles. The molecule has 35 heavy (non-hydrogen) atoms. The van der Waals surface area contributed by atoms with E-state index in [-0.39, 0.29) is 15.9 Å². The molecule has 1 aliphatic rings. The second-order valence-electron chi connectivity index (χ2n) is 8.11. The molecular formula is C29H37Cl2N2PPd. The van der Waals surface area contributed by atoms with Crippen LogP contribution in [0.1, 0.15) is 39.5 Å². The van der Waals surface area contributed by atoms with Crippen LogP contribution in [-0.2, 0) is 15.9 Å². The minimum absolute atomic E-state index is 0.106. The summed E-state index contributed by atoms with van der Waals surface area (Å²) in [6.07, 6.45) is 9.45. The van der Waals surface area contributed by atoms with Crippen LogP contribution in [-0.4, -0.2) is 22.9 Å². The molecule has 0 atom stereocenters. The van der Waals surface area contributed by atoms with E-state index in [1.54, 1.807) is 0 Å². The predicted octanol–water partition coefficient (Wildman–Crippen LogP) is 7.35. The molecule has 1 aliphatic heterocycles. The standard InChI is InChI=1S/C18H15P.C11H21N2.2ClH.Pd/c1-4-10-16(11-5-1)19(17-12-6-2-7-13-17)18-14-8-3-9-15-18;1-3-5-7-12-9-10-13(11-12)8-6-4-2;;;/h1-15H;9-11H,3-8H2,1-2H3;2*1H;/q;-1;;;+2/p-1. The maximum Gasteiger partial charge on any atom is 0.102 e. The second kappa shape index (κ2) is 18.9. The largest absolute Gasteiger partial charge is 0.102 e. The van der Waals surface area contributed by atoms with Gasteiger partial charge in [-0.05, 0) is 74.7 Å². The third kappa shape index (κ3) is 11.5.